The summed E-state index contributed by atoms with van der Waals surface area (Å²) in [6, 6.07) is 5.98. The zero-order valence-electron chi connectivity index (χ0n) is 9.59. The topological polar surface area (TPSA) is 73.1 Å². The molecule has 0 fully saturated rings. The van der Waals surface area contributed by atoms with E-state index in [-0.39, 0.29) is 0 Å². The van der Waals surface area contributed by atoms with Crippen LogP contribution < -0.4 is 15.8 Å². The van der Waals surface area contributed by atoms with Crippen molar-refractivity contribution in [2.24, 2.45) is 0 Å². The van der Waals surface area contributed by atoms with E-state index in [4.69, 9.17) is 10.5 Å². The van der Waals surface area contributed by atoms with E-state index >= 15 is 0 Å². The van der Waals surface area contributed by atoms with Gasteiger partial charge in [-0.25, -0.2) is 9.97 Å². The predicted molar refractivity (Wildman–Crippen MR) is 71.0 cm³/mol. The molecule has 18 heavy (non-hydrogen) atoms. The molecule has 0 saturated heterocycles. The van der Waals surface area contributed by atoms with Crippen LogP contribution in [0.3, 0.4) is 0 Å². The number of benzene rings is 1. The van der Waals surface area contributed by atoms with Gasteiger partial charge in [0, 0.05) is 23.8 Å². The monoisotopic (exact) mass is 260 g/mol. The van der Waals surface area contributed by atoms with Crippen LogP contribution in [-0.4, -0.2) is 23.1 Å². The zero-order chi connectivity index (χ0) is 12.4. The summed E-state index contributed by atoms with van der Waals surface area (Å²) in [5, 5.41) is 4.01. The minimum absolute atomic E-state index is 0.449. The molecule has 0 radical (unpaired) electrons. The molecule has 0 amide bonds. The van der Waals surface area contributed by atoms with Gasteiger partial charge in [0.2, 0.25) is 0 Å². The third kappa shape index (κ3) is 2.19. The van der Waals surface area contributed by atoms with Gasteiger partial charge >= 0.3 is 0 Å². The molecule has 0 aliphatic carbocycles. The van der Waals surface area contributed by atoms with Crippen LogP contribution in [-0.2, 0) is 0 Å². The Morgan fingerprint density at radius 1 is 1.28 bits per heavy atom. The maximum atomic E-state index is 5.77. The van der Waals surface area contributed by atoms with Crippen LogP contribution in [0.25, 0.3) is 0 Å². The van der Waals surface area contributed by atoms with E-state index in [0.29, 0.717) is 17.5 Å². The van der Waals surface area contributed by atoms with Crippen molar-refractivity contribution in [1.29, 1.82) is 0 Å². The largest absolute Gasteiger partial charge is 0.490 e. The molecular formula is C12H12N4OS. The fourth-order valence-electron chi connectivity index (χ4n) is 1.71. The maximum Gasteiger partial charge on any atom is 0.156 e. The van der Waals surface area contributed by atoms with E-state index in [9.17, 15) is 0 Å². The molecule has 92 valence electrons. The van der Waals surface area contributed by atoms with Gasteiger partial charge in [0.15, 0.2) is 5.82 Å². The molecule has 6 heteroatoms. The van der Waals surface area contributed by atoms with Gasteiger partial charge in [-0.3, -0.25) is 0 Å². The molecule has 1 aromatic heterocycles. The van der Waals surface area contributed by atoms with Crippen LogP contribution in [0.5, 0.6) is 5.75 Å². The number of nitrogens with two attached hydrogens (primary N) is 1. The molecule has 3 rings (SSSR count). The Bertz CT molecular complexity index is 576. The van der Waals surface area contributed by atoms with Gasteiger partial charge in [0.25, 0.3) is 0 Å². The Labute approximate surface area is 109 Å². The number of fused-ring (bicyclic) bond motifs is 1. The van der Waals surface area contributed by atoms with Crippen LogP contribution >= 0.6 is 11.8 Å². The molecule has 5 nitrogen and oxygen atoms in total. The quantitative estimate of drug-likeness (QED) is 0.860. The van der Waals surface area contributed by atoms with Crippen LogP contribution in [0, 0.1) is 0 Å². The second-order valence-electron chi connectivity index (χ2n) is 3.78. The maximum absolute atomic E-state index is 5.77. The van der Waals surface area contributed by atoms with E-state index < -0.39 is 0 Å². The number of nitrogen functional groups attached to an aromatic ring is 1. The second kappa shape index (κ2) is 4.73. The molecule has 1 aromatic carbocycles. The predicted octanol–water partition coefficient (Wildman–Crippen LogP) is 2.01. The number of nitrogens with zero attached hydrogens (tertiary/aromatic N) is 2. The van der Waals surface area contributed by atoms with Gasteiger partial charge in [0.1, 0.15) is 17.4 Å². The first kappa shape index (κ1) is 11.2. The molecule has 0 unspecified atom stereocenters. The van der Waals surface area contributed by atoms with Crippen molar-refractivity contribution in [3.05, 3.63) is 30.6 Å². The Morgan fingerprint density at radius 2 is 2.17 bits per heavy atom. The molecule has 0 spiro atoms. The van der Waals surface area contributed by atoms with Crippen molar-refractivity contribution in [3.63, 3.8) is 0 Å². The molecule has 1 aliphatic rings. The van der Waals surface area contributed by atoms with E-state index in [1.807, 2.05) is 18.2 Å². The van der Waals surface area contributed by atoms with Crippen molar-refractivity contribution in [3.8, 4) is 5.75 Å². The van der Waals surface area contributed by atoms with Gasteiger partial charge in [-0.15, -0.1) is 0 Å². The van der Waals surface area contributed by atoms with Crippen LogP contribution in [0.1, 0.15) is 0 Å². The van der Waals surface area contributed by atoms with Crippen molar-refractivity contribution in [1.82, 2.24) is 9.97 Å². The highest BCUT2D eigenvalue weighted by molar-refractivity contribution is 7.99. The van der Waals surface area contributed by atoms with Gasteiger partial charge in [-0.1, -0.05) is 11.8 Å². The zero-order valence-corrected chi connectivity index (χ0v) is 10.4. The Hall–Kier alpha value is -1.95. The number of hydrogen-bond acceptors (Lipinski definition) is 6. The molecule has 0 saturated carbocycles. The molecule has 2 heterocycles. The lowest BCUT2D eigenvalue weighted by atomic mass is 10.2. The molecular weight excluding hydrogens is 248 g/mol. The summed E-state index contributed by atoms with van der Waals surface area (Å²) in [5.41, 5.74) is 6.78. The van der Waals surface area contributed by atoms with Crippen molar-refractivity contribution >= 4 is 23.3 Å². The van der Waals surface area contributed by atoms with Gasteiger partial charge in [-0.05, 0) is 18.2 Å². The highest BCUT2D eigenvalue weighted by Crippen LogP contribution is 2.35. The molecule has 0 atom stereocenters. The Kier molecular flexibility index (Phi) is 2.93. The molecule has 0 bridgehead atoms. The fourth-order valence-corrected chi connectivity index (χ4v) is 2.52. The van der Waals surface area contributed by atoms with E-state index in [0.717, 1.165) is 22.9 Å². The molecule has 1 aliphatic heterocycles. The van der Waals surface area contributed by atoms with Crippen molar-refractivity contribution < 1.29 is 4.74 Å². The number of anilines is 2. The van der Waals surface area contributed by atoms with Gasteiger partial charge < -0.3 is 15.8 Å². The van der Waals surface area contributed by atoms with E-state index in [1.54, 1.807) is 12.4 Å². The number of rotatable bonds is 2. The first-order valence-electron chi connectivity index (χ1n) is 5.58. The third-order valence-electron chi connectivity index (χ3n) is 2.53. The number of ether oxygens (including phenoxy) is 1. The number of nitrogens with one attached hydrogen (secondary N) is 1. The lowest BCUT2D eigenvalue weighted by molar-refractivity contribution is 0.323. The smallest absolute Gasteiger partial charge is 0.156 e. The van der Waals surface area contributed by atoms with Crippen LogP contribution in [0.15, 0.2) is 40.5 Å². The summed E-state index contributed by atoms with van der Waals surface area (Å²) >= 11 is 1.49. The summed E-state index contributed by atoms with van der Waals surface area (Å²) in [6.45, 7) is 1.53. The fraction of sp³-hybridized carbons (Fsp3) is 0.167. The summed E-state index contributed by atoms with van der Waals surface area (Å²) in [7, 11) is 0. The van der Waals surface area contributed by atoms with Crippen LogP contribution in [0.2, 0.25) is 0 Å². The van der Waals surface area contributed by atoms with E-state index in [1.165, 1.54) is 11.8 Å². The summed E-state index contributed by atoms with van der Waals surface area (Å²) < 4.78 is 5.53. The van der Waals surface area contributed by atoms with Crippen molar-refractivity contribution in [2.45, 2.75) is 9.92 Å². The summed E-state index contributed by atoms with van der Waals surface area (Å²) in [6.07, 6.45) is 3.22. The molecule has 2 aromatic rings. The molecule has 3 N–H and O–H groups in total. The Balaban J connectivity index is 1.87. The minimum atomic E-state index is 0.449. The Morgan fingerprint density at radius 3 is 3.06 bits per heavy atom. The van der Waals surface area contributed by atoms with Gasteiger partial charge in [0.05, 0.1) is 5.69 Å². The van der Waals surface area contributed by atoms with Gasteiger partial charge in [-0.2, -0.15) is 0 Å². The summed E-state index contributed by atoms with van der Waals surface area (Å²) in [5.74, 6) is 1.34. The standard InChI is InChI=1S/C12H12N4OS/c13-11-12(16-4-3-15-11)18-8-1-2-10-9(7-8)14-5-6-17-10/h1-4,7,14H,5-6H2,(H2,13,15). The summed E-state index contributed by atoms with van der Waals surface area (Å²) in [4.78, 5) is 9.28. The van der Waals surface area contributed by atoms with Crippen LogP contribution in [0.4, 0.5) is 11.5 Å². The average Bonchev–Trinajstić information content (AvgIpc) is 2.41. The van der Waals surface area contributed by atoms with Crippen molar-refractivity contribution in [2.75, 3.05) is 24.2 Å². The normalized spacial score (nSPS) is 13.3. The lowest BCUT2D eigenvalue weighted by Gasteiger charge is -2.19. The van der Waals surface area contributed by atoms with E-state index in [2.05, 4.69) is 15.3 Å². The SMILES string of the molecule is Nc1nccnc1Sc1ccc2c(c1)NCCO2. The number of hydrogen-bond donors (Lipinski definition) is 2. The number of aromatic nitrogens is 2. The first-order valence-corrected chi connectivity index (χ1v) is 6.39. The average molecular weight is 260 g/mol. The lowest BCUT2D eigenvalue weighted by Crippen LogP contribution is -2.17. The second-order valence-corrected chi connectivity index (χ2v) is 4.84. The highest BCUT2D eigenvalue weighted by Gasteiger charge is 2.11. The minimum Gasteiger partial charge on any atom is -0.490 e. The first-order chi connectivity index (χ1) is 8.83. The highest BCUT2D eigenvalue weighted by atomic mass is 32.2. The third-order valence-corrected chi connectivity index (χ3v) is 3.53.